The monoisotopic (exact) mass is 1800 g/mol. The first kappa shape index (κ1) is 93.5. The number of phenolic OH excluding ortho intramolecular Hbond substituents is 3. The topological polar surface area (TPSA) is 570 Å². The summed E-state index contributed by atoms with van der Waals surface area (Å²) in [4.78, 5) is 133. The zero-order valence-corrected chi connectivity index (χ0v) is 68.8. The van der Waals surface area contributed by atoms with Crippen molar-refractivity contribution >= 4 is 82.1 Å². The van der Waals surface area contributed by atoms with E-state index in [2.05, 4.69) is 58.7 Å². The zero-order chi connectivity index (χ0) is 91.4. The average molecular weight is 1800 g/mol. The maximum absolute atomic E-state index is 16.3. The van der Waals surface area contributed by atoms with Gasteiger partial charge in [-0.2, -0.15) is 13.2 Å². The minimum Gasteiger partial charge on any atom is -0.508 e. The molecule has 14 rings (SSSR count). The number of primary amides is 1. The lowest BCUT2D eigenvalue weighted by atomic mass is 9.84. The quantitative estimate of drug-likeness (QED) is 0.0279. The van der Waals surface area contributed by atoms with Crippen LogP contribution in [0.1, 0.15) is 127 Å². The summed E-state index contributed by atoms with van der Waals surface area (Å²) in [6, 6.07) is 6.83. The summed E-state index contributed by atoms with van der Waals surface area (Å²) in [5.74, 6) is -18.4. The van der Waals surface area contributed by atoms with Crippen molar-refractivity contribution in [3.8, 4) is 57.1 Å². The summed E-state index contributed by atoms with van der Waals surface area (Å²) in [7, 11) is 1.45. The number of aliphatic hydroxyl groups excluding tert-OH is 7. The predicted molar refractivity (Wildman–Crippen MR) is 433 cm³/mol. The minimum absolute atomic E-state index is 0.0356. The number of halogens is 6. The standard InChI is InChI=1S/C83H90Cl2F4N12O25/c1-33(2)20-49(91-5)74(114)99-64-66(108)37-10-16-53(46(84)22-37)122-55-25-40-26-56(70(55)126-81-71(69(111)68(110)57(32-103)124-81)125-59-30-82(4,72(112)34(3)121-59)92-31-35-6-12-41(13-7-35)94-73(113)39-8-14-45(48(86)24-39)83(87,88)89)123-54-17-11-38(23-47(54)85)67(109)65-79(119)98-63(80(120)101-93-18-19-102)44-27-42(104)28-52(106)60(44)43-21-36(9-15-51(43)105)61(76(116)100-65)97-77(117)62(40)96-75(115)50(29-58(90)107)95-78(64)118/h6-17,21-28,33-34,49-50,57,59,61-69,71-72,81,91-93,102-106,108-112H,18-20,29-32H2,1-5H3,(H2,90,107)(H,94,113)(H,95,118)(H,96,115)(H,97,117)(H,98,119)(H,99,114)(H,100,116)(H,101,120)/t34-,49+,50-,57+,59-,61+,62+,63+,64+,65-,66+,67+,68+,69-,71+,72+,81-,82-/m0/s1. The predicted octanol–water partition coefficient (Wildman–Crippen LogP) is 2.88. The lowest BCUT2D eigenvalue weighted by Gasteiger charge is -2.48. The van der Waals surface area contributed by atoms with E-state index in [1.54, 1.807) is 32.9 Å². The van der Waals surface area contributed by atoms with Gasteiger partial charge in [0, 0.05) is 53.5 Å². The van der Waals surface area contributed by atoms with Crippen LogP contribution in [0.5, 0.6) is 46.0 Å². The number of nitrogens with two attached hydrogens (primary N) is 1. The Labute approximate surface area is 723 Å². The number of carbonyl (C=O) groups excluding carboxylic acids is 9. The van der Waals surface area contributed by atoms with Crippen LogP contribution in [0.25, 0.3) is 11.1 Å². The second-order valence-electron chi connectivity index (χ2n) is 31.1. The number of benzene rings is 7. The Morgan fingerprint density at radius 3 is 1.94 bits per heavy atom. The molecule has 126 heavy (non-hydrogen) atoms. The number of aromatic hydroxyl groups is 3. The number of hydrazine groups is 1. The van der Waals surface area contributed by atoms with Crippen LogP contribution in [0.3, 0.4) is 0 Å². The van der Waals surface area contributed by atoms with Gasteiger partial charge in [-0.25, -0.2) is 9.82 Å². The summed E-state index contributed by atoms with van der Waals surface area (Å²) in [6.07, 6.45) is -24.8. The molecule has 0 unspecified atom stereocenters. The number of phenols is 3. The maximum atomic E-state index is 16.3. The van der Waals surface area contributed by atoms with Gasteiger partial charge in [0.25, 0.3) is 11.8 Å². The molecule has 0 spiro atoms. The lowest BCUT2D eigenvalue weighted by Crippen LogP contribution is -2.65. The summed E-state index contributed by atoms with van der Waals surface area (Å²) in [5.41, 5.74) is 4.96. The van der Waals surface area contributed by atoms with E-state index < -0.39 is 283 Å². The number of anilines is 1. The van der Waals surface area contributed by atoms with Crippen LogP contribution in [-0.2, 0) is 65.3 Å². The third-order valence-corrected chi connectivity index (χ3v) is 22.2. The van der Waals surface area contributed by atoms with Crippen molar-refractivity contribution in [2.45, 2.75) is 169 Å². The van der Waals surface area contributed by atoms with Crippen molar-refractivity contribution in [2.75, 3.05) is 32.1 Å². The highest BCUT2D eigenvalue weighted by Gasteiger charge is 2.53. The van der Waals surface area contributed by atoms with Gasteiger partial charge < -0.3 is 133 Å². The fourth-order valence-electron chi connectivity index (χ4n) is 15.0. The number of nitrogens with one attached hydrogen (secondary N) is 11. The van der Waals surface area contributed by atoms with E-state index in [1.807, 2.05) is 0 Å². The van der Waals surface area contributed by atoms with E-state index >= 15 is 24.0 Å². The van der Waals surface area contributed by atoms with E-state index in [-0.39, 0.29) is 54.2 Å². The number of hydrogen-bond donors (Lipinski definition) is 22. The molecule has 0 saturated carbocycles. The second kappa shape index (κ2) is 39.1. The van der Waals surface area contributed by atoms with Crippen LogP contribution in [-0.4, -0.2) is 210 Å². The van der Waals surface area contributed by atoms with Gasteiger partial charge in [-0.05, 0) is 152 Å². The minimum atomic E-state index is -5.01. The third kappa shape index (κ3) is 20.9. The average Bonchev–Trinajstić information content (AvgIpc) is 0.764. The molecule has 7 aromatic carbocycles. The van der Waals surface area contributed by atoms with Gasteiger partial charge >= 0.3 is 6.18 Å². The van der Waals surface area contributed by atoms with E-state index in [0.29, 0.717) is 17.7 Å². The Bertz CT molecular complexity index is 5320. The molecular formula is C83H90Cl2F4N12O25. The van der Waals surface area contributed by atoms with Crippen LogP contribution in [0.4, 0.5) is 23.2 Å². The third-order valence-electron chi connectivity index (χ3n) is 21.6. The van der Waals surface area contributed by atoms with E-state index in [0.717, 1.165) is 78.9 Å². The van der Waals surface area contributed by atoms with Gasteiger partial charge in [0.05, 0.1) is 53.5 Å². The zero-order valence-electron chi connectivity index (χ0n) is 67.3. The normalized spacial score (nSPS) is 26.0. The van der Waals surface area contributed by atoms with E-state index in [4.69, 9.17) is 57.4 Å². The molecular weight excluding hydrogens is 1710 g/mol. The van der Waals surface area contributed by atoms with Crippen LogP contribution >= 0.6 is 23.2 Å². The first-order valence-corrected chi connectivity index (χ1v) is 40.0. The van der Waals surface area contributed by atoms with Gasteiger partial charge in [-0.3, -0.25) is 48.6 Å². The molecule has 9 amide bonds. The van der Waals surface area contributed by atoms with Gasteiger partial charge in [0.15, 0.2) is 23.9 Å². The van der Waals surface area contributed by atoms with Gasteiger partial charge in [-0.1, -0.05) is 67.4 Å². The van der Waals surface area contributed by atoms with E-state index in [9.17, 15) is 87.8 Å². The highest BCUT2D eigenvalue weighted by atomic mass is 35.5. The molecule has 674 valence electrons. The molecule has 7 heterocycles. The number of ether oxygens (including phenoxy) is 6. The molecule has 7 aliphatic heterocycles. The SMILES string of the molecule is CN[C@H](CC(C)C)C(=O)N[C@H]1C(=O)N[C@@H](CC(N)=O)C(=O)N[C@H]2C(=O)N[C@H]3C(=O)N[C@H](C(=O)N[C@@H](C(=O)NNCCO)c4cc(O)cc(O)c4-c4cc3ccc4O)[C@H](O)c3ccc(c(Cl)c3)Oc3cc2cc(c3O[C@@H]2O[C@H](CO)[C@@H](O)[C@H](O)[C@H]2O[C@H]2C[C@](C)(NCc3ccc(NC(=O)c4ccc(C(F)(F)F)c(F)c4)cc3)[C@H](O)[C@H](C)O2)Oc2ccc(cc2Cl)[C@H]1O. The molecule has 0 radical (unpaired) electrons. The van der Waals surface area contributed by atoms with Crippen molar-refractivity contribution in [3.05, 3.63) is 182 Å². The number of alkyl halides is 3. The van der Waals surface area contributed by atoms with Crippen molar-refractivity contribution in [1.82, 2.24) is 53.4 Å². The molecule has 37 nitrogen and oxygen atoms in total. The molecule has 7 aliphatic rings. The first-order valence-electron chi connectivity index (χ1n) is 39.3. The van der Waals surface area contributed by atoms with Crippen molar-refractivity contribution in [1.29, 1.82) is 0 Å². The van der Waals surface area contributed by atoms with Gasteiger partial charge in [0.2, 0.25) is 53.4 Å². The van der Waals surface area contributed by atoms with Gasteiger partial charge in [0.1, 0.15) is 101 Å². The fourth-order valence-corrected chi connectivity index (χ4v) is 15.5. The lowest BCUT2D eigenvalue weighted by molar-refractivity contribution is -0.334. The molecule has 0 aromatic heterocycles. The summed E-state index contributed by atoms with van der Waals surface area (Å²) in [5, 5.41) is 139. The van der Waals surface area contributed by atoms with Crippen LogP contribution in [0.15, 0.2) is 121 Å². The molecule has 0 aliphatic carbocycles. The number of rotatable bonds is 21. The van der Waals surface area contributed by atoms with Gasteiger partial charge in [-0.15, -0.1) is 0 Å². The number of likely N-dealkylation sites (N-methyl/N-ethyl adjacent to an activating group) is 1. The van der Waals surface area contributed by atoms with Crippen LogP contribution in [0, 0.1) is 11.7 Å². The first-order chi connectivity index (χ1) is 59.6. The molecule has 43 heteroatoms. The largest absolute Gasteiger partial charge is 0.508 e. The molecule has 2 saturated heterocycles. The number of hydrogen-bond acceptors (Lipinski definition) is 28. The maximum Gasteiger partial charge on any atom is 0.419 e. The molecule has 23 N–H and O–H groups in total. The molecule has 2 fully saturated rings. The Morgan fingerprint density at radius 1 is 0.698 bits per heavy atom. The number of carbonyl (C=O) groups is 9. The van der Waals surface area contributed by atoms with Crippen LogP contribution in [0.2, 0.25) is 10.0 Å². The Morgan fingerprint density at radius 2 is 1.33 bits per heavy atom. The fraction of sp³-hybridized carbons (Fsp3) is 0.386. The summed E-state index contributed by atoms with van der Waals surface area (Å²) >= 11 is 14.3. The van der Waals surface area contributed by atoms with Crippen molar-refractivity contribution < 1.29 is 140 Å². The van der Waals surface area contributed by atoms with Crippen molar-refractivity contribution in [2.24, 2.45) is 11.7 Å². The molecule has 7 aromatic rings. The van der Waals surface area contributed by atoms with Crippen molar-refractivity contribution in [3.63, 3.8) is 0 Å². The second-order valence-corrected chi connectivity index (χ2v) is 31.9. The van der Waals surface area contributed by atoms with Crippen LogP contribution < -0.4 is 78.6 Å². The highest BCUT2D eigenvalue weighted by molar-refractivity contribution is 6.32. The number of aliphatic hydroxyl groups is 7. The molecule has 11 bridgehead atoms. The highest BCUT2D eigenvalue weighted by Crippen LogP contribution is 2.50. The number of fused-ring (bicyclic) bond motifs is 15. The molecule has 18 atom stereocenters. The summed E-state index contributed by atoms with van der Waals surface area (Å²) < 4.78 is 93.6. The summed E-state index contributed by atoms with van der Waals surface area (Å²) in [6.45, 7) is 4.76. The van der Waals surface area contributed by atoms with E-state index in [1.165, 1.54) is 32.2 Å². The Hall–Kier alpha value is -11.7. The number of amides is 9. The Kier molecular flexibility index (Phi) is 29.0. The Balaban J connectivity index is 1.00. The smallest absolute Gasteiger partial charge is 0.419 e.